The molecule has 3 atom stereocenters. The molecule has 2 aliphatic carbocycles. The van der Waals surface area contributed by atoms with Gasteiger partial charge in [0.25, 0.3) is 0 Å². The highest BCUT2D eigenvalue weighted by Crippen LogP contribution is 2.44. The fraction of sp³-hybridized carbons (Fsp3) is 0.846. The van der Waals surface area contributed by atoms with Crippen LogP contribution in [0.3, 0.4) is 0 Å². The molecule has 3 unspecified atom stereocenters. The first kappa shape index (κ1) is 11.6. The van der Waals surface area contributed by atoms with Crippen LogP contribution in [0.25, 0.3) is 0 Å². The summed E-state index contributed by atoms with van der Waals surface area (Å²) in [6.07, 6.45) is 8.21. The number of ether oxygens (including phenoxy) is 1. The van der Waals surface area contributed by atoms with Crippen LogP contribution >= 0.6 is 0 Å². The minimum Gasteiger partial charge on any atom is -0.393 e. The zero-order valence-corrected chi connectivity index (χ0v) is 9.91. The van der Waals surface area contributed by atoms with Gasteiger partial charge in [-0.2, -0.15) is 0 Å². The molecule has 2 rings (SSSR count). The molecule has 90 valence electrons. The quantitative estimate of drug-likeness (QED) is 0.508. The highest BCUT2D eigenvalue weighted by atomic mass is 16.6. The van der Waals surface area contributed by atoms with Crippen LogP contribution in [0.1, 0.15) is 51.9 Å². The van der Waals surface area contributed by atoms with Gasteiger partial charge in [0.15, 0.2) is 0 Å². The van der Waals surface area contributed by atoms with Crippen molar-refractivity contribution in [3.8, 4) is 0 Å². The Morgan fingerprint density at radius 3 is 2.44 bits per heavy atom. The summed E-state index contributed by atoms with van der Waals surface area (Å²) in [4.78, 5) is 22.6. The lowest BCUT2D eigenvalue weighted by Crippen LogP contribution is -2.36. The number of fused-ring (bicyclic) bond motifs is 1. The molecule has 0 spiro atoms. The fourth-order valence-corrected chi connectivity index (χ4v) is 3.45. The minimum absolute atomic E-state index is 0.0112. The van der Waals surface area contributed by atoms with Crippen LogP contribution in [0.15, 0.2) is 0 Å². The predicted octanol–water partition coefficient (Wildman–Crippen LogP) is 2.68. The van der Waals surface area contributed by atoms with Gasteiger partial charge in [0.1, 0.15) is 0 Å². The first-order chi connectivity index (χ1) is 7.68. The highest BCUT2D eigenvalue weighted by molar-refractivity contribution is 5.85. The molecule has 0 bridgehead atoms. The van der Waals surface area contributed by atoms with Gasteiger partial charge in [-0.1, -0.05) is 32.1 Å². The SMILES string of the molecule is CC(=O)OC(=O)C1CCCC2CCCCC21. The van der Waals surface area contributed by atoms with Crippen molar-refractivity contribution < 1.29 is 14.3 Å². The number of esters is 2. The van der Waals surface area contributed by atoms with Crippen LogP contribution in [0.2, 0.25) is 0 Å². The fourth-order valence-electron chi connectivity index (χ4n) is 3.45. The van der Waals surface area contributed by atoms with Crippen LogP contribution < -0.4 is 0 Å². The smallest absolute Gasteiger partial charge is 0.316 e. The summed E-state index contributed by atoms with van der Waals surface area (Å²) in [7, 11) is 0. The molecule has 0 N–H and O–H groups in total. The number of carbonyl (C=O) groups excluding carboxylic acids is 2. The zero-order chi connectivity index (χ0) is 11.5. The summed E-state index contributed by atoms with van der Waals surface area (Å²) in [5, 5.41) is 0. The normalized spacial score (nSPS) is 33.9. The summed E-state index contributed by atoms with van der Waals surface area (Å²) in [6.45, 7) is 1.30. The van der Waals surface area contributed by atoms with Gasteiger partial charge in [0.05, 0.1) is 5.92 Å². The van der Waals surface area contributed by atoms with E-state index in [1.165, 1.54) is 32.6 Å². The molecular weight excluding hydrogens is 204 g/mol. The van der Waals surface area contributed by atoms with Gasteiger partial charge in [-0.05, 0) is 24.7 Å². The van der Waals surface area contributed by atoms with Crippen LogP contribution in [0.4, 0.5) is 0 Å². The summed E-state index contributed by atoms with van der Waals surface area (Å²) in [5.41, 5.74) is 0. The van der Waals surface area contributed by atoms with E-state index in [1.54, 1.807) is 0 Å². The number of hydrogen-bond donors (Lipinski definition) is 0. The van der Waals surface area contributed by atoms with Crippen LogP contribution in [0, 0.1) is 17.8 Å². The molecule has 0 saturated heterocycles. The Hall–Kier alpha value is -0.860. The topological polar surface area (TPSA) is 43.4 Å². The number of rotatable bonds is 1. The number of carbonyl (C=O) groups is 2. The van der Waals surface area contributed by atoms with Gasteiger partial charge in [0, 0.05) is 6.92 Å². The lowest BCUT2D eigenvalue weighted by atomic mass is 9.65. The van der Waals surface area contributed by atoms with E-state index in [0.29, 0.717) is 11.8 Å². The van der Waals surface area contributed by atoms with Crippen LogP contribution in [-0.2, 0) is 14.3 Å². The molecule has 0 aromatic heterocycles. The van der Waals surface area contributed by atoms with Gasteiger partial charge in [-0.25, -0.2) is 0 Å². The molecule has 0 aliphatic heterocycles. The predicted molar refractivity (Wildman–Crippen MR) is 59.6 cm³/mol. The maximum atomic E-state index is 11.8. The summed E-state index contributed by atoms with van der Waals surface area (Å²) in [5.74, 6) is 0.427. The molecule has 2 fully saturated rings. The van der Waals surface area contributed by atoms with E-state index in [4.69, 9.17) is 4.74 Å². The van der Waals surface area contributed by atoms with Crippen molar-refractivity contribution in [1.29, 1.82) is 0 Å². The Morgan fingerprint density at radius 1 is 1.00 bits per heavy atom. The molecule has 3 heteroatoms. The molecule has 0 radical (unpaired) electrons. The standard InChI is InChI=1S/C13H20O3/c1-9(14)16-13(15)12-8-4-6-10-5-2-3-7-11(10)12/h10-12H,2-8H2,1H3. The molecule has 0 aromatic carbocycles. The average molecular weight is 224 g/mol. The third kappa shape index (κ3) is 2.45. The largest absolute Gasteiger partial charge is 0.393 e. The van der Waals surface area contributed by atoms with Crippen molar-refractivity contribution in [3.05, 3.63) is 0 Å². The van der Waals surface area contributed by atoms with Gasteiger partial charge >= 0.3 is 11.9 Å². The van der Waals surface area contributed by atoms with Crippen molar-refractivity contribution in [2.45, 2.75) is 51.9 Å². The van der Waals surface area contributed by atoms with Gasteiger partial charge in [0.2, 0.25) is 0 Å². The summed E-state index contributed by atoms with van der Waals surface area (Å²) >= 11 is 0. The van der Waals surface area contributed by atoms with E-state index in [-0.39, 0.29) is 11.9 Å². The molecule has 16 heavy (non-hydrogen) atoms. The third-order valence-electron chi connectivity index (χ3n) is 4.12. The van der Waals surface area contributed by atoms with Gasteiger partial charge < -0.3 is 4.74 Å². The third-order valence-corrected chi connectivity index (χ3v) is 4.12. The number of hydrogen-bond acceptors (Lipinski definition) is 3. The van der Waals surface area contributed by atoms with Crippen molar-refractivity contribution >= 4 is 11.9 Å². The maximum Gasteiger partial charge on any atom is 0.316 e. The monoisotopic (exact) mass is 224 g/mol. The van der Waals surface area contributed by atoms with E-state index >= 15 is 0 Å². The van der Waals surface area contributed by atoms with Crippen molar-refractivity contribution in [1.82, 2.24) is 0 Å². The Morgan fingerprint density at radius 2 is 1.69 bits per heavy atom. The molecular formula is C13H20O3. The van der Waals surface area contributed by atoms with Crippen molar-refractivity contribution in [2.24, 2.45) is 17.8 Å². The van der Waals surface area contributed by atoms with E-state index in [1.807, 2.05) is 0 Å². The highest BCUT2D eigenvalue weighted by Gasteiger charge is 2.39. The van der Waals surface area contributed by atoms with Crippen LogP contribution in [0.5, 0.6) is 0 Å². The first-order valence-corrected chi connectivity index (χ1v) is 6.40. The van der Waals surface area contributed by atoms with Crippen LogP contribution in [-0.4, -0.2) is 11.9 Å². The molecule has 2 saturated carbocycles. The average Bonchev–Trinajstić information content (AvgIpc) is 2.27. The Bertz CT molecular complexity index is 283. The second-order valence-corrected chi connectivity index (χ2v) is 5.16. The summed E-state index contributed by atoms with van der Waals surface area (Å²) in [6, 6.07) is 0. The zero-order valence-electron chi connectivity index (χ0n) is 9.91. The Labute approximate surface area is 96.5 Å². The lowest BCUT2D eigenvalue weighted by Gasteiger charge is -2.39. The van der Waals surface area contributed by atoms with Gasteiger partial charge in [-0.15, -0.1) is 0 Å². The molecule has 0 heterocycles. The van der Waals surface area contributed by atoms with Crippen molar-refractivity contribution in [3.63, 3.8) is 0 Å². The van der Waals surface area contributed by atoms with E-state index in [0.717, 1.165) is 19.3 Å². The second kappa shape index (κ2) is 4.98. The molecule has 0 amide bonds. The molecule has 0 aromatic rings. The Kier molecular flexibility index (Phi) is 3.62. The van der Waals surface area contributed by atoms with E-state index < -0.39 is 5.97 Å². The Balaban J connectivity index is 2.01. The summed E-state index contributed by atoms with van der Waals surface area (Å²) < 4.78 is 4.76. The van der Waals surface area contributed by atoms with Gasteiger partial charge in [-0.3, -0.25) is 9.59 Å². The second-order valence-electron chi connectivity index (χ2n) is 5.16. The molecule has 2 aliphatic rings. The van der Waals surface area contributed by atoms with E-state index in [9.17, 15) is 9.59 Å². The van der Waals surface area contributed by atoms with E-state index in [2.05, 4.69) is 0 Å². The molecule has 3 nitrogen and oxygen atoms in total. The first-order valence-electron chi connectivity index (χ1n) is 6.40. The lowest BCUT2D eigenvalue weighted by molar-refractivity contribution is -0.164. The van der Waals surface area contributed by atoms with Crippen molar-refractivity contribution in [2.75, 3.05) is 0 Å². The maximum absolute atomic E-state index is 11.8. The minimum atomic E-state index is -0.470.